The largest absolute Gasteiger partial charge is 0.480 e. The number of alkyl carbamates (subject to hydrolysis) is 2. The van der Waals surface area contributed by atoms with E-state index >= 15 is 0 Å². The van der Waals surface area contributed by atoms with Crippen LogP contribution in [-0.2, 0) is 35.2 Å². The number of carbonyl (C=O) groups excluding carboxylic acids is 4. The van der Waals surface area contributed by atoms with Crippen LogP contribution < -0.4 is 16.0 Å². The molecule has 1 aromatic carbocycles. The van der Waals surface area contributed by atoms with E-state index in [0.29, 0.717) is 23.4 Å². The van der Waals surface area contributed by atoms with Gasteiger partial charge in [0, 0.05) is 17.1 Å². The summed E-state index contributed by atoms with van der Waals surface area (Å²) in [6, 6.07) is 4.30. The smallest absolute Gasteiger partial charge is 0.408 e. The molecule has 1 fully saturated rings. The number of aliphatic carboxylic acids is 1. The van der Waals surface area contributed by atoms with Crippen molar-refractivity contribution in [3.05, 3.63) is 34.9 Å². The van der Waals surface area contributed by atoms with E-state index in [1.165, 1.54) is 0 Å². The van der Waals surface area contributed by atoms with Crippen LogP contribution in [0.4, 0.5) is 9.59 Å². The standard InChI is InChI=1S/C29H42ClN3O9/c1-29(2,3)42-28(39)33-22(15-9-10-16-31-27(38)40-18-19-11-7-8-14-21(19)30)25(35)32-23(26(36)37)17-24(34)41-20-12-5-4-6-13-20/h7-8,11,14,20,22-23H,4-6,9-10,12-13,15-18H2,1-3H3,(H,31,38)(H,32,35)(H,33,39)(H,36,37)/t22-,23-/m0/s1. The van der Waals surface area contributed by atoms with Crippen LogP contribution >= 0.6 is 11.6 Å². The highest BCUT2D eigenvalue weighted by atomic mass is 35.5. The summed E-state index contributed by atoms with van der Waals surface area (Å²) in [4.78, 5) is 61.7. The molecule has 0 aromatic heterocycles. The van der Waals surface area contributed by atoms with Crippen molar-refractivity contribution >= 4 is 41.6 Å². The molecule has 0 heterocycles. The molecule has 2 rings (SSSR count). The first-order valence-corrected chi connectivity index (χ1v) is 14.6. The number of carbonyl (C=O) groups is 5. The highest BCUT2D eigenvalue weighted by Gasteiger charge is 2.30. The van der Waals surface area contributed by atoms with Gasteiger partial charge in [0.25, 0.3) is 0 Å². The summed E-state index contributed by atoms with van der Waals surface area (Å²) < 4.78 is 15.8. The molecule has 42 heavy (non-hydrogen) atoms. The number of esters is 1. The van der Waals surface area contributed by atoms with Crippen LogP contribution in [0.3, 0.4) is 0 Å². The summed E-state index contributed by atoms with van der Waals surface area (Å²) in [6.45, 7) is 5.23. The molecule has 3 amide bonds. The molecule has 0 radical (unpaired) electrons. The first-order valence-electron chi connectivity index (χ1n) is 14.2. The summed E-state index contributed by atoms with van der Waals surface area (Å²) in [5, 5.41) is 17.5. The van der Waals surface area contributed by atoms with Gasteiger partial charge in [0.05, 0.1) is 6.42 Å². The molecule has 0 spiro atoms. The van der Waals surface area contributed by atoms with Gasteiger partial charge in [-0.15, -0.1) is 0 Å². The normalized spacial score (nSPS) is 15.0. The zero-order chi connectivity index (χ0) is 31.1. The molecule has 0 unspecified atom stereocenters. The van der Waals surface area contributed by atoms with Crippen molar-refractivity contribution in [2.45, 2.75) is 109 Å². The van der Waals surface area contributed by atoms with Crippen molar-refractivity contribution < 1.29 is 43.3 Å². The van der Waals surface area contributed by atoms with E-state index in [4.69, 9.17) is 25.8 Å². The fourth-order valence-corrected chi connectivity index (χ4v) is 4.44. The molecule has 1 saturated carbocycles. The van der Waals surface area contributed by atoms with E-state index in [0.717, 1.165) is 32.1 Å². The average molecular weight is 612 g/mol. The van der Waals surface area contributed by atoms with E-state index in [1.54, 1.807) is 45.0 Å². The van der Waals surface area contributed by atoms with Crippen molar-refractivity contribution in [2.24, 2.45) is 0 Å². The minimum absolute atomic E-state index is 0.00645. The Labute approximate surface area is 251 Å². The van der Waals surface area contributed by atoms with E-state index in [2.05, 4.69) is 16.0 Å². The Morgan fingerprint density at radius 1 is 0.976 bits per heavy atom. The maximum Gasteiger partial charge on any atom is 0.408 e. The third kappa shape index (κ3) is 13.9. The second-order valence-electron chi connectivity index (χ2n) is 11.1. The first kappa shape index (κ1) is 34.7. The van der Waals surface area contributed by atoms with Gasteiger partial charge in [0.15, 0.2) is 0 Å². The van der Waals surface area contributed by atoms with Crippen LogP contribution in [0.5, 0.6) is 0 Å². The number of carboxylic acids is 1. The Kier molecular flexibility index (Phi) is 14.4. The quantitative estimate of drug-likeness (QED) is 0.135. The Morgan fingerprint density at radius 2 is 1.67 bits per heavy atom. The van der Waals surface area contributed by atoms with Crippen LogP contribution in [0.15, 0.2) is 24.3 Å². The fourth-order valence-electron chi connectivity index (χ4n) is 4.25. The molecule has 4 N–H and O–H groups in total. The molecular formula is C29H42ClN3O9. The lowest BCUT2D eigenvalue weighted by molar-refractivity contribution is -0.155. The zero-order valence-electron chi connectivity index (χ0n) is 24.4. The number of amides is 3. The average Bonchev–Trinajstić information content (AvgIpc) is 2.90. The van der Waals surface area contributed by atoms with E-state index in [9.17, 15) is 29.1 Å². The van der Waals surface area contributed by atoms with Crippen molar-refractivity contribution in [3.8, 4) is 0 Å². The van der Waals surface area contributed by atoms with Gasteiger partial charge in [-0.2, -0.15) is 0 Å². The van der Waals surface area contributed by atoms with E-state index < -0.39 is 54.1 Å². The van der Waals surface area contributed by atoms with Gasteiger partial charge in [-0.3, -0.25) is 9.59 Å². The van der Waals surface area contributed by atoms with Gasteiger partial charge < -0.3 is 35.3 Å². The Hall–Kier alpha value is -3.54. The minimum atomic E-state index is -1.54. The van der Waals surface area contributed by atoms with E-state index in [-0.39, 0.29) is 25.7 Å². The molecule has 13 heteroatoms. The number of benzene rings is 1. The second kappa shape index (κ2) is 17.4. The lowest BCUT2D eigenvalue weighted by Gasteiger charge is -2.25. The second-order valence-corrected chi connectivity index (χ2v) is 11.5. The van der Waals surface area contributed by atoms with Gasteiger partial charge in [-0.1, -0.05) is 36.2 Å². The minimum Gasteiger partial charge on any atom is -0.480 e. The molecule has 1 aromatic rings. The highest BCUT2D eigenvalue weighted by Crippen LogP contribution is 2.21. The topological polar surface area (TPSA) is 169 Å². The number of nitrogens with one attached hydrogen (secondary N) is 3. The maximum absolute atomic E-state index is 13.1. The van der Waals surface area contributed by atoms with Gasteiger partial charge in [-0.05, 0) is 71.8 Å². The van der Waals surface area contributed by atoms with Crippen molar-refractivity contribution in [3.63, 3.8) is 0 Å². The summed E-state index contributed by atoms with van der Waals surface area (Å²) in [7, 11) is 0. The molecule has 234 valence electrons. The van der Waals surface area contributed by atoms with Crippen LogP contribution in [0.1, 0.15) is 84.1 Å². The van der Waals surface area contributed by atoms with Gasteiger partial charge in [0.1, 0.15) is 30.4 Å². The van der Waals surface area contributed by atoms with Gasteiger partial charge in [-0.25, -0.2) is 14.4 Å². The van der Waals surface area contributed by atoms with Crippen molar-refractivity contribution in [2.75, 3.05) is 6.54 Å². The molecular weight excluding hydrogens is 570 g/mol. The number of ether oxygens (including phenoxy) is 3. The summed E-state index contributed by atoms with van der Waals surface area (Å²) in [5.74, 6) is -2.90. The maximum atomic E-state index is 13.1. The molecule has 1 aliphatic carbocycles. The number of unbranched alkanes of at least 4 members (excludes halogenated alkanes) is 1. The van der Waals surface area contributed by atoms with Gasteiger partial charge in [0.2, 0.25) is 5.91 Å². The fraction of sp³-hybridized carbons (Fsp3) is 0.621. The predicted molar refractivity (Wildman–Crippen MR) is 154 cm³/mol. The number of carboxylic acid groups (broad SMARTS) is 1. The molecule has 0 bridgehead atoms. The summed E-state index contributed by atoms with van der Waals surface area (Å²) in [6.07, 6.45) is 3.03. The number of hydrogen-bond donors (Lipinski definition) is 4. The van der Waals surface area contributed by atoms with Crippen LogP contribution in [0, 0.1) is 0 Å². The molecule has 0 aliphatic heterocycles. The number of halogens is 1. The Bertz CT molecular complexity index is 1070. The SMILES string of the molecule is CC(C)(C)OC(=O)N[C@@H](CCCCNC(=O)OCc1ccccc1Cl)C(=O)N[C@@H](CC(=O)OC1CCCCC1)C(=O)O. The monoisotopic (exact) mass is 611 g/mol. The van der Waals surface area contributed by atoms with Crippen molar-refractivity contribution in [1.29, 1.82) is 0 Å². The van der Waals surface area contributed by atoms with Crippen LogP contribution in [-0.4, -0.2) is 65.5 Å². The van der Waals surface area contributed by atoms with Crippen LogP contribution in [0.2, 0.25) is 5.02 Å². The lowest BCUT2D eigenvalue weighted by Crippen LogP contribution is -2.53. The zero-order valence-corrected chi connectivity index (χ0v) is 25.2. The van der Waals surface area contributed by atoms with Crippen molar-refractivity contribution in [1.82, 2.24) is 16.0 Å². The number of rotatable bonds is 14. The predicted octanol–water partition coefficient (Wildman–Crippen LogP) is 4.47. The highest BCUT2D eigenvalue weighted by molar-refractivity contribution is 6.31. The Balaban J connectivity index is 1.88. The summed E-state index contributed by atoms with van der Waals surface area (Å²) in [5.41, 5.74) is -0.162. The van der Waals surface area contributed by atoms with Crippen LogP contribution in [0.25, 0.3) is 0 Å². The van der Waals surface area contributed by atoms with Gasteiger partial charge >= 0.3 is 24.1 Å². The molecule has 2 atom stereocenters. The Morgan fingerprint density at radius 3 is 2.31 bits per heavy atom. The third-order valence-electron chi connectivity index (χ3n) is 6.35. The van der Waals surface area contributed by atoms with E-state index in [1.807, 2.05) is 0 Å². The first-order chi connectivity index (χ1) is 19.8. The third-order valence-corrected chi connectivity index (χ3v) is 6.72. The molecule has 12 nitrogen and oxygen atoms in total. The molecule has 0 saturated heterocycles. The lowest BCUT2D eigenvalue weighted by atomic mass is 9.98. The molecule has 1 aliphatic rings. The number of hydrogen-bond acceptors (Lipinski definition) is 8. The summed E-state index contributed by atoms with van der Waals surface area (Å²) >= 11 is 6.05.